The third-order valence-electron chi connectivity index (χ3n) is 1.40. The summed E-state index contributed by atoms with van der Waals surface area (Å²) in [6.07, 6.45) is 0. The molecule has 0 radical (unpaired) electrons. The molecule has 1 atom stereocenters. The van der Waals surface area contributed by atoms with Gasteiger partial charge in [0.25, 0.3) is 0 Å². The van der Waals surface area contributed by atoms with Gasteiger partial charge in [0.2, 0.25) is 0 Å². The number of hydrogen-bond acceptors (Lipinski definition) is 2. The molecule has 0 aliphatic rings. The number of carbonyl (C=O) groups is 1. The number of likely N-dealkylation sites (N-methyl/N-ethyl adjacent to an activating group) is 2. The van der Waals surface area contributed by atoms with Gasteiger partial charge >= 0.3 is 86.7 Å². The molecule has 0 aliphatic heterocycles. The molecule has 2 N–H and O–H groups in total. The SMILES string of the molecule is CNC(=O)[C@H](C[Se]C[Se]C)NC. The maximum atomic E-state index is 11.2. The van der Waals surface area contributed by atoms with Crippen molar-refractivity contribution in [2.45, 2.75) is 21.4 Å². The van der Waals surface area contributed by atoms with Crippen LogP contribution in [0.25, 0.3) is 0 Å². The Bertz CT molecular complexity index is 133. The zero-order valence-corrected chi connectivity index (χ0v) is 11.1. The molecule has 0 heterocycles. The van der Waals surface area contributed by atoms with E-state index in [1.807, 2.05) is 7.05 Å². The molecule has 0 unspecified atom stereocenters. The molecule has 3 nitrogen and oxygen atoms in total. The Morgan fingerprint density at radius 1 is 1.50 bits per heavy atom. The molecule has 0 rings (SSSR count). The number of carbonyl (C=O) groups excluding carboxylic acids is 1. The topological polar surface area (TPSA) is 41.1 Å². The van der Waals surface area contributed by atoms with Crippen LogP contribution in [0.2, 0.25) is 15.4 Å². The molecule has 12 heavy (non-hydrogen) atoms. The van der Waals surface area contributed by atoms with Crippen LogP contribution in [0.3, 0.4) is 0 Å². The first-order chi connectivity index (χ1) is 5.76. The Morgan fingerprint density at radius 3 is 2.58 bits per heavy atom. The van der Waals surface area contributed by atoms with Crippen LogP contribution in [-0.2, 0) is 4.79 Å². The summed E-state index contributed by atoms with van der Waals surface area (Å²) in [4.78, 5) is 11.2. The fourth-order valence-electron chi connectivity index (χ4n) is 0.714. The fourth-order valence-corrected chi connectivity index (χ4v) is 5.29. The predicted molar refractivity (Wildman–Crippen MR) is 53.9 cm³/mol. The number of amides is 1. The fraction of sp³-hybridized carbons (Fsp3) is 0.857. The van der Waals surface area contributed by atoms with E-state index in [1.54, 1.807) is 7.05 Å². The number of rotatable bonds is 6. The van der Waals surface area contributed by atoms with Crippen molar-refractivity contribution in [3.63, 3.8) is 0 Å². The Balaban J connectivity index is 3.60. The van der Waals surface area contributed by atoms with Crippen LogP contribution in [-0.4, -0.2) is 56.0 Å². The van der Waals surface area contributed by atoms with Crippen molar-refractivity contribution in [3.05, 3.63) is 0 Å². The number of nitrogens with one attached hydrogen (secondary N) is 2. The molecule has 0 aliphatic carbocycles. The van der Waals surface area contributed by atoms with Crippen LogP contribution >= 0.6 is 0 Å². The minimum absolute atomic E-state index is 0.0253. The van der Waals surface area contributed by atoms with Crippen molar-refractivity contribution in [1.82, 2.24) is 10.6 Å². The van der Waals surface area contributed by atoms with Crippen LogP contribution in [0, 0.1) is 0 Å². The van der Waals surface area contributed by atoms with Gasteiger partial charge in [-0.15, -0.1) is 0 Å². The van der Waals surface area contributed by atoms with Gasteiger partial charge in [-0.25, -0.2) is 0 Å². The van der Waals surface area contributed by atoms with E-state index < -0.39 is 0 Å². The van der Waals surface area contributed by atoms with Gasteiger partial charge in [0.05, 0.1) is 0 Å². The van der Waals surface area contributed by atoms with Crippen LogP contribution in [0.5, 0.6) is 0 Å². The first-order valence-corrected chi connectivity index (χ1v) is 9.06. The second-order valence-corrected chi connectivity index (χ2v) is 8.06. The Kier molecular flexibility index (Phi) is 8.40. The molecule has 0 aromatic carbocycles. The molecule has 0 bridgehead atoms. The zero-order valence-electron chi connectivity index (χ0n) is 7.72. The summed E-state index contributed by atoms with van der Waals surface area (Å²) in [7, 11) is 3.52. The van der Waals surface area contributed by atoms with Crippen LogP contribution in [0.15, 0.2) is 0 Å². The van der Waals surface area contributed by atoms with E-state index in [1.165, 1.54) is 4.22 Å². The van der Waals surface area contributed by atoms with Gasteiger partial charge in [-0.05, 0) is 0 Å². The molecular weight excluding hydrogens is 286 g/mol. The van der Waals surface area contributed by atoms with Crippen LogP contribution < -0.4 is 10.6 Å². The van der Waals surface area contributed by atoms with Gasteiger partial charge < -0.3 is 0 Å². The Hall–Kier alpha value is 0.469. The third-order valence-corrected chi connectivity index (χ3v) is 7.82. The summed E-state index contributed by atoms with van der Waals surface area (Å²) in [5.41, 5.74) is 0. The van der Waals surface area contributed by atoms with Gasteiger partial charge in [0, 0.05) is 0 Å². The maximum absolute atomic E-state index is 11.2. The van der Waals surface area contributed by atoms with E-state index in [0.717, 1.165) is 20.3 Å². The molecule has 72 valence electrons. The summed E-state index contributed by atoms with van der Waals surface area (Å²) in [5, 5.41) is 6.69. The Labute approximate surface area is 86.8 Å². The van der Waals surface area contributed by atoms with E-state index in [0.29, 0.717) is 15.0 Å². The summed E-state index contributed by atoms with van der Waals surface area (Å²) >= 11 is 1.40. The molecule has 1 amide bonds. The van der Waals surface area contributed by atoms with Crippen molar-refractivity contribution >= 4 is 35.8 Å². The summed E-state index contributed by atoms with van der Waals surface area (Å²) in [6, 6.07) is 0.0253. The summed E-state index contributed by atoms with van der Waals surface area (Å²) in [5.74, 6) is 2.35. The summed E-state index contributed by atoms with van der Waals surface area (Å²) < 4.78 is 1.33. The van der Waals surface area contributed by atoms with Gasteiger partial charge in [0.15, 0.2) is 0 Å². The van der Waals surface area contributed by atoms with E-state index in [9.17, 15) is 4.79 Å². The van der Waals surface area contributed by atoms with E-state index in [-0.39, 0.29) is 11.9 Å². The molecular formula is C7H16N2OSe2. The van der Waals surface area contributed by atoms with Crippen molar-refractivity contribution in [2.24, 2.45) is 0 Å². The first kappa shape index (κ1) is 12.5. The van der Waals surface area contributed by atoms with Crippen molar-refractivity contribution in [3.8, 4) is 0 Å². The molecule has 5 heteroatoms. The minimum atomic E-state index is 0.0253. The van der Waals surface area contributed by atoms with Gasteiger partial charge in [-0.3, -0.25) is 0 Å². The van der Waals surface area contributed by atoms with Crippen LogP contribution in [0.1, 0.15) is 0 Å². The van der Waals surface area contributed by atoms with E-state index >= 15 is 0 Å². The average molecular weight is 302 g/mol. The van der Waals surface area contributed by atoms with Crippen molar-refractivity contribution in [2.75, 3.05) is 14.1 Å². The third kappa shape index (κ3) is 5.17. The standard InChI is InChI=1S/C7H16N2OSe2/c1-8-6(7(10)9-2)4-12-5-11-3/h6,8H,4-5H2,1-3H3,(H,9,10)/t6-/m0/s1. The van der Waals surface area contributed by atoms with E-state index in [4.69, 9.17) is 0 Å². The monoisotopic (exact) mass is 304 g/mol. The molecule has 0 aromatic rings. The molecule has 0 aromatic heterocycles. The Morgan fingerprint density at radius 2 is 2.17 bits per heavy atom. The molecule has 0 saturated carbocycles. The van der Waals surface area contributed by atoms with Gasteiger partial charge in [0.1, 0.15) is 0 Å². The first-order valence-electron chi connectivity index (χ1n) is 3.71. The van der Waals surface area contributed by atoms with Gasteiger partial charge in [-0.2, -0.15) is 0 Å². The second-order valence-electron chi connectivity index (χ2n) is 2.23. The van der Waals surface area contributed by atoms with Crippen molar-refractivity contribution in [1.29, 1.82) is 0 Å². The predicted octanol–water partition coefficient (Wildman–Crippen LogP) is -0.429. The van der Waals surface area contributed by atoms with Gasteiger partial charge in [-0.1, -0.05) is 0 Å². The molecule has 0 fully saturated rings. The molecule has 0 spiro atoms. The van der Waals surface area contributed by atoms with Crippen molar-refractivity contribution < 1.29 is 4.79 Å². The summed E-state index contributed by atoms with van der Waals surface area (Å²) in [6.45, 7) is 0. The van der Waals surface area contributed by atoms with E-state index in [2.05, 4.69) is 16.5 Å². The molecule has 0 saturated heterocycles. The average Bonchev–Trinajstić information content (AvgIpc) is 2.11. The van der Waals surface area contributed by atoms with Crippen LogP contribution in [0.4, 0.5) is 0 Å². The quantitative estimate of drug-likeness (QED) is 0.516. The zero-order chi connectivity index (χ0) is 9.40. The number of hydrogen-bond donors (Lipinski definition) is 2. The normalized spacial score (nSPS) is 12.6. The second kappa shape index (κ2) is 8.08.